The lowest BCUT2D eigenvalue weighted by Crippen LogP contribution is -2.15. The van der Waals surface area contributed by atoms with Gasteiger partial charge >= 0.3 is 5.76 Å². The van der Waals surface area contributed by atoms with Gasteiger partial charge in [0, 0.05) is 12.1 Å². The summed E-state index contributed by atoms with van der Waals surface area (Å²) >= 11 is 0. The molecule has 0 saturated carbocycles. The minimum Gasteiger partial charge on any atom is -0.454 e. The number of rotatable bonds is 8. The fourth-order valence-electron chi connectivity index (χ4n) is 2.55. The molecule has 0 saturated heterocycles. The summed E-state index contributed by atoms with van der Waals surface area (Å²) in [6, 6.07) is 11.7. The van der Waals surface area contributed by atoms with E-state index in [1.807, 2.05) is 13.0 Å². The van der Waals surface area contributed by atoms with Gasteiger partial charge in [0.05, 0.1) is 5.69 Å². The van der Waals surface area contributed by atoms with Crippen molar-refractivity contribution in [3.05, 3.63) is 53.0 Å². The number of hydrogen-bond acceptors (Lipinski definition) is 7. The number of nitrogens with one attached hydrogen (secondary N) is 2. The number of benzene rings is 2. The molecule has 0 aliphatic heterocycles. The van der Waals surface area contributed by atoms with E-state index in [2.05, 4.69) is 20.0 Å². The maximum atomic E-state index is 12.3. The Labute approximate surface area is 161 Å². The summed E-state index contributed by atoms with van der Waals surface area (Å²) in [5, 5.41) is 12.2. The summed E-state index contributed by atoms with van der Waals surface area (Å²) in [5.41, 5.74) is 0.719. The average Bonchev–Trinajstić information content (AvgIpc) is 3.09. The number of H-pyrrole nitrogens is 1. The van der Waals surface area contributed by atoms with E-state index >= 15 is 0 Å². The van der Waals surface area contributed by atoms with Crippen LogP contribution in [-0.4, -0.2) is 25.1 Å². The second kappa shape index (κ2) is 8.28. The quantitative estimate of drug-likeness (QED) is 0.490. The van der Waals surface area contributed by atoms with Crippen LogP contribution in [0.5, 0.6) is 11.5 Å². The van der Waals surface area contributed by atoms with Crippen LogP contribution < -0.4 is 20.9 Å². The second-order valence-electron chi connectivity index (χ2n) is 6.04. The summed E-state index contributed by atoms with van der Waals surface area (Å²) in [7, 11) is -4.15. The molecule has 9 nitrogen and oxygen atoms in total. The molecule has 0 bridgehead atoms. The highest BCUT2D eigenvalue weighted by molar-refractivity contribution is 7.89. The molecule has 1 aromatic heterocycles. The van der Waals surface area contributed by atoms with Crippen LogP contribution in [0.2, 0.25) is 0 Å². The van der Waals surface area contributed by atoms with E-state index in [-0.39, 0.29) is 16.5 Å². The Morgan fingerprint density at radius 3 is 2.61 bits per heavy atom. The molecule has 2 aromatic carbocycles. The third-order valence-electron chi connectivity index (χ3n) is 3.88. The molecular weight excluding hydrogens is 384 g/mol. The first-order valence-corrected chi connectivity index (χ1v) is 10.2. The molecule has 0 fully saturated rings. The third kappa shape index (κ3) is 4.59. The largest absolute Gasteiger partial charge is 0.454 e. The highest BCUT2D eigenvalue weighted by atomic mass is 32.2. The van der Waals surface area contributed by atoms with E-state index in [1.165, 1.54) is 6.07 Å². The van der Waals surface area contributed by atoms with Gasteiger partial charge < -0.3 is 10.1 Å². The Morgan fingerprint density at radius 2 is 2.00 bits per heavy atom. The van der Waals surface area contributed by atoms with E-state index in [0.29, 0.717) is 23.5 Å². The zero-order valence-corrected chi connectivity index (χ0v) is 16.0. The number of aromatic nitrogens is 2. The van der Waals surface area contributed by atoms with Crippen molar-refractivity contribution < 1.29 is 17.7 Å². The van der Waals surface area contributed by atoms with Crippen molar-refractivity contribution in [2.45, 2.75) is 24.7 Å². The number of primary sulfonamides is 1. The van der Waals surface area contributed by atoms with Gasteiger partial charge in [0.15, 0.2) is 11.6 Å². The summed E-state index contributed by atoms with van der Waals surface area (Å²) in [4.78, 5) is 13.4. The Kier molecular flexibility index (Phi) is 5.81. The first-order chi connectivity index (χ1) is 13.4. The number of aromatic amines is 1. The van der Waals surface area contributed by atoms with Crippen LogP contribution in [0.3, 0.4) is 0 Å². The highest BCUT2D eigenvalue weighted by Crippen LogP contribution is 2.39. The molecule has 3 rings (SSSR count). The Morgan fingerprint density at radius 1 is 1.25 bits per heavy atom. The molecule has 0 aliphatic carbocycles. The normalized spacial score (nSPS) is 11.4. The maximum absolute atomic E-state index is 12.3. The molecule has 0 unspecified atom stereocenters. The second-order valence-corrected chi connectivity index (χ2v) is 7.57. The third-order valence-corrected chi connectivity index (χ3v) is 4.80. The van der Waals surface area contributed by atoms with Crippen molar-refractivity contribution in [2.75, 3.05) is 11.9 Å². The highest BCUT2D eigenvalue weighted by Gasteiger charge is 2.23. The van der Waals surface area contributed by atoms with E-state index in [4.69, 9.17) is 9.88 Å². The standard InChI is InChI=1S/C18H20N4O5S/c1-2-3-9-20-14-10-12(17-21-18(23)27-22-17)11-15(28(19,24)25)16(14)26-13-7-5-4-6-8-13/h4-8,10-11,20H,2-3,9H2,1H3,(H2,19,24,25)(H,21,22,23). The average molecular weight is 404 g/mol. The van der Waals surface area contributed by atoms with E-state index in [1.54, 1.807) is 30.3 Å². The molecule has 28 heavy (non-hydrogen) atoms. The summed E-state index contributed by atoms with van der Waals surface area (Å²) in [6.07, 6.45) is 1.81. The molecule has 1 heterocycles. The molecule has 0 amide bonds. The lowest BCUT2D eigenvalue weighted by atomic mass is 10.1. The van der Waals surface area contributed by atoms with Crippen LogP contribution in [0.25, 0.3) is 11.4 Å². The predicted octanol–water partition coefficient (Wildman–Crippen LogP) is 2.68. The smallest absolute Gasteiger partial charge is 0.439 e. The van der Waals surface area contributed by atoms with Crippen LogP contribution in [-0.2, 0) is 10.0 Å². The predicted molar refractivity (Wildman–Crippen MR) is 104 cm³/mol. The van der Waals surface area contributed by atoms with Crippen molar-refractivity contribution in [2.24, 2.45) is 5.14 Å². The maximum Gasteiger partial charge on any atom is 0.439 e. The minimum atomic E-state index is -4.15. The first kappa shape index (κ1) is 19.6. The molecule has 0 radical (unpaired) electrons. The minimum absolute atomic E-state index is 0.0689. The number of nitrogens with two attached hydrogens (primary N) is 1. The van der Waals surface area contributed by atoms with Crippen molar-refractivity contribution in [3.8, 4) is 22.9 Å². The van der Waals surface area contributed by atoms with Crippen LogP contribution in [0.15, 0.2) is 56.7 Å². The van der Waals surface area contributed by atoms with Gasteiger partial charge in [-0.15, -0.1) is 0 Å². The number of para-hydroxylation sites is 1. The molecule has 148 valence electrons. The monoisotopic (exact) mass is 404 g/mol. The lowest BCUT2D eigenvalue weighted by Gasteiger charge is -2.17. The fraction of sp³-hybridized carbons (Fsp3) is 0.222. The summed E-state index contributed by atoms with van der Waals surface area (Å²) < 4.78 is 34.9. The van der Waals surface area contributed by atoms with Crippen LogP contribution in [0.4, 0.5) is 5.69 Å². The number of nitrogens with zero attached hydrogens (tertiary/aromatic N) is 1. The summed E-state index contributed by atoms with van der Waals surface area (Å²) in [6.45, 7) is 2.62. The van der Waals surface area contributed by atoms with Gasteiger partial charge in [-0.2, -0.15) is 0 Å². The van der Waals surface area contributed by atoms with E-state index < -0.39 is 15.8 Å². The molecule has 4 N–H and O–H groups in total. The molecule has 3 aromatic rings. The van der Waals surface area contributed by atoms with Crippen LogP contribution >= 0.6 is 0 Å². The van der Waals surface area contributed by atoms with Gasteiger partial charge in [-0.1, -0.05) is 36.7 Å². The van der Waals surface area contributed by atoms with Gasteiger partial charge in [0.2, 0.25) is 10.0 Å². The molecular formula is C18H20N4O5S. The Balaban J connectivity index is 2.17. The number of sulfonamides is 1. The summed E-state index contributed by atoms with van der Waals surface area (Å²) in [5.74, 6) is -0.148. The van der Waals surface area contributed by atoms with Gasteiger partial charge in [-0.25, -0.2) is 18.4 Å². The van der Waals surface area contributed by atoms with Crippen molar-refractivity contribution in [1.29, 1.82) is 0 Å². The molecule has 0 aliphatic rings. The molecule has 0 spiro atoms. The van der Waals surface area contributed by atoms with E-state index in [0.717, 1.165) is 12.8 Å². The molecule has 10 heteroatoms. The first-order valence-electron chi connectivity index (χ1n) is 8.62. The fourth-order valence-corrected chi connectivity index (χ4v) is 3.25. The SMILES string of the molecule is CCCCNc1cc(-c2noc(=O)[nH]2)cc(S(N)(=O)=O)c1Oc1ccccc1. The Hall–Kier alpha value is -3.11. The lowest BCUT2D eigenvalue weighted by molar-refractivity contribution is 0.388. The van der Waals surface area contributed by atoms with Crippen LogP contribution in [0.1, 0.15) is 19.8 Å². The number of ether oxygens (including phenoxy) is 1. The van der Waals surface area contributed by atoms with Gasteiger partial charge in [0.25, 0.3) is 0 Å². The van der Waals surface area contributed by atoms with Crippen molar-refractivity contribution >= 4 is 15.7 Å². The van der Waals surface area contributed by atoms with Gasteiger partial charge in [-0.05, 0) is 30.7 Å². The zero-order valence-electron chi connectivity index (χ0n) is 15.1. The Bertz CT molecular complexity index is 1110. The molecule has 0 atom stereocenters. The van der Waals surface area contributed by atoms with Crippen LogP contribution in [0, 0.1) is 0 Å². The number of unbranched alkanes of at least 4 members (excludes halogenated alkanes) is 1. The van der Waals surface area contributed by atoms with Crippen molar-refractivity contribution in [1.82, 2.24) is 10.1 Å². The van der Waals surface area contributed by atoms with Gasteiger partial charge in [-0.3, -0.25) is 9.51 Å². The van der Waals surface area contributed by atoms with Crippen molar-refractivity contribution in [3.63, 3.8) is 0 Å². The zero-order chi connectivity index (χ0) is 20.1. The number of anilines is 1. The van der Waals surface area contributed by atoms with Gasteiger partial charge in [0.1, 0.15) is 10.6 Å². The number of hydrogen-bond donors (Lipinski definition) is 3. The topological polar surface area (TPSA) is 140 Å². The van der Waals surface area contributed by atoms with E-state index in [9.17, 15) is 13.2 Å².